The van der Waals surface area contributed by atoms with E-state index in [-0.39, 0.29) is 17.3 Å². The molecule has 0 radical (unpaired) electrons. The minimum Gasteiger partial charge on any atom is -0.383 e. The molecule has 1 aromatic rings. The molecule has 0 amide bonds. The van der Waals surface area contributed by atoms with Gasteiger partial charge in [-0.1, -0.05) is 28.1 Å². The summed E-state index contributed by atoms with van der Waals surface area (Å²) in [7, 11) is 0. The number of halogens is 1. The summed E-state index contributed by atoms with van der Waals surface area (Å²) < 4.78 is 0.738. The average Bonchev–Trinajstić information content (AvgIpc) is 3.25. The molecular formula is C19H13BrN6. The Labute approximate surface area is 160 Å². The summed E-state index contributed by atoms with van der Waals surface area (Å²) in [5, 5.41) is 51.3. The van der Waals surface area contributed by atoms with Crippen LogP contribution < -0.4 is 5.32 Å². The Morgan fingerprint density at radius 2 is 1.69 bits per heavy atom. The standard InChI is InChI=1S/C19H13BrN6/c1-12(2)26-17(14(7-21)8-22)19(11-25)16(18(19,9-23)10-24)13-4-3-5-15(20)6-13/h3-6,12,16,26H,1-2H3/t16-,19+/m1/s1. The van der Waals surface area contributed by atoms with Crippen LogP contribution in [0.25, 0.3) is 0 Å². The summed E-state index contributed by atoms with van der Waals surface area (Å²) in [6, 6.07) is 16.4. The van der Waals surface area contributed by atoms with Gasteiger partial charge in [-0.05, 0) is 31.5 Å². The van der Waals surface area contributed by atoms with Crippen molar-refractivity contribution in [2.75, 3.05) is 0 Å². The lowest BCUT2D eigenvalue weighted by Crippen LogP contribution is -2.31. The highest BCUT2D eigenvalue weighted by Crippen LogP contribution is 2.76. The van der Waals surface area contributed by atoms with Crippen LogP contribution >= 0.6 is 15.9 Å². The molecule has 6 nitrogen and oxygen atoms in total. The molecule has 0 heterocycles. The SMILES string of the molecule is CC(C)NC(=C(C#N)C#N)[C@]1(C#N)[C@H](c2cccc(Br)c2)C1(C#N)C#N. The van der Waals surface area contributed by atoms with Gasteiger partial charge in [0.25, 0.3) is 0 Å². The summed E-state index contributed by atoms with van der Waals surface area (Å²) >= 11 is 3.35. The number of allylic oxidation sites excluding steroid dienone is 2. The first kappa shape index (κ1) is 19.0. The van der Waals surface area contributed by atoms with Gasteiger partial charge in [-0.15, -0.1) is 0 Å². The molecular weight excluding hydrogens is 392 g/mol. The van der Waals surface area contributed by atoms with Gasteiger partial charge in [0.2, 0.25) is 0 Å². The van der Waals surface area contributed by atoms with Crippen LogP contribution in [-0.2, 0) is 0 Å². The third-order valence-electron chi connectivity index (χ3n) is 4.42. The van der Waals surface area contributed by atoms with Crippen molar-refractivity contribution in [1.82, 2.24) is 5.32 Å². The van der Waals surface area contributed by atoms with Crippen molar-refractivity contribution in [3.8, 4) is 30.3 Å². The monoisotopic (exact) mass is 404 g/mol. The molecule has 2 rings (SSSR count). The van der Waals surface area contributed by atoms with E-state index in [0.29, 0.717) is 5.56 Å². The Bertz CT molecular complexity index is 959. The van der Waals surface area contributed by atoms with E-state index in [2.05, 4.69) is 27.3 Å². The summed E-state index contributed by atoms with van der Waals surface area (Å²) in [6.45, 7) is 3.57. The van der Waals surface area contributed by atoms with Gasteiger partial charge in [-0.2, -0.15) is 26.3 Å². The summed E-state index contributed by atoms with van der Waals surface area (Å²) in [5.74, 6) is -0.787. The van der Waals surface area contributed by atoms with Gasteiger partial charge in [-0.25, -0.2) is 0 Å². The van der Waals surface area contributed by atoms with Gasteiger partial charge in [0.1, 0.15) is 23.1 Å². The molecule has 0 aromatic heterocycles. The number of hydrogen-bond donors (Lipinski definition) is 1. The lowest BCUT2D eigenvalue weighted by atomic mass is 9.89. The molecule has 26 heavy (non-hydrogen) atoms. The second-order valence-corrected chi connectivity index (χ2v) is 7.13. The maximum absolute atomic E-state index is 10.0. The maximum Gasteiger partial charge on any atom is 0.177 e. The van der Waals surface area contributed by atoms with Crippen molar-refractivity contribution >= 4 is 15.9 Å². The molecule has 0 saturated heterocycles. The Morgan fingerprint density at radius 1 is 1.08 bits per heavy atom. The van der Waals surface area contributed by atoms with Crippen LogP contribution in [0.4, 0.5) is 0 Å². The Morgan fingerprint density at radius 3 is 2.12 bits per heavy atom. The number of benzene rings is 1. The summed E-state index contributed by atoms with van der Waals surface area (Å²) in [4.78, 5) is 0. The predicted molar refractivity (Wildman–Crippen MR) is 95.1 cm³/mol. The molecule has 1 fully saturated rings. The fraction of sp³-hybridized carbons (Fsp3) is 0.316. The van der Waals surface area contributed by atoms with Crippen LogP contribution in [0.5, 0.6) is 0 Å². The molecule has 126 valence electrons. The summed E-state index contributed by atoms with van der Waals surface area (Å²) in [5.41, 5.74) is -2.97. The number of hydrogen-bond acceptors (Lipinski definition) is 6. The third kappa shape index (κ3) is 2.50. The first-order chi connectivity index (χ1) is 12.4. The van der Waals surface area contributed by atoms with E-state index in [0.717, 1.165) is 4.47 Å². The zero-order valence-corrected chi connectivity index (χ0v) is 15.7. The van der Waals surface area contributed by atoms with Gasteiger partial charge in [0, 0.05) is 16.4 Å². The second kappa shape index (κ2) is 6.90. The number of nitriles is 5. The van der Waals surface area contributed by atoms with Crippen molar-refractivity contribution in [2.24, 2.45) is 10.8 Å². The van der Waals surface area contributed by atoms with E-state index in [1.165, 1.54) is 0 Å². The molecule has 1 aromatic carbocycles. The van der Waals surface area contributed by atoms with E-state index >= 15 is 0 Å². The van der Waals surface area contributed by atoms with Crippen molar-refractivity contribution in [2.45, 2.75) is 25.8 Å². The molecule has 0 spiro atoms. The van der Waals surface area contributed by atoms with Crippen LogP contribution in [0.15, 0.2) is 40.0 Å². The second-order valence-electron chi connectivity index (χ2n) is 6.21. The van der Waals surface area contributed by atoms with E-state index in [1.807, 2.05) is 12.1 Å². The Balaban J connectivity index is 2.84. The number of nitrogens with zero attached hydrogens (tertiary/aromatic N) is 5. The van der Waals surface area contributed by atoms with E-state index < -0.39 is 16.7 Å². The highest BCUT2D eigenvalue weighted by Gasteiger charge is 2.83. The van der Waals surface area contributed by atoms with Crippen LogP contribution in [0.3, 0.4) is 0 Å². The molecule has 1 aliphatic carbocycles. The average molecular weight is 405 g/mol. The highest BCUT2D eigenvalue weighted by atomic mass is 79.9. The van der Waals surface area contributed by atoms with Gasteiger partial charge in [0.05, 0.1) is 23.9 Å². The quantitative estimate of drug-likeness (QED) is 0.764. The molecule has 0 aliphatic heterocycles. The number of rotatable bonds is 4. The summed E-state index contributed by atoms with van der Waals surface area (Å²) in [6.07, 6.45) is 0. The van der Waals surface area contributed by atoms with Gasteiger partial charge in [0.15, 0.2) is 5.41 Å². The predicted octanol–water partition coefficient (Wildman–Crippen LogP) is 3.39. The normalized spacial score (nSPS) is 21.9. The fourth-order valence-corrected chi connectivity index (χ4v) is 3.77. The molecule has 0 bridgehead atoms. The van der Waals surface area contributed by atoms with Crippen LogP contribution in [-0.4, -0.2) is 6.04 Å². The number of nitrogens with one attached hydrogen (secondary N) is 1. The lowest BCUT2D eigenvalue weighted by Gasteiger charge is -2.20. The van der Waals surface area contributed by atoms with Crippen LogP contribution in [0.1, 0.15) is 25.3 Å². The zero-order valence-electron chi connectivity index (χ0n) is 14.1. The molecule has 2 atom stereocenters. The van der Waals surface area contributed by atoms with Crippen LogP contribution in [0, 0.1) is 67.5 Å². The van der Waals surface area contributed by atoms with Crippen molar-refractivity contribution in [3.63, 3.8) is 0 Å². The molecule has 0 unspecified atom stereocenters. The minimum absolute atomic E-state index is 0.0353. The first-order valence-corrected chi connectivity index (χ1v) is 8.48. The largest absolute Gasteiger partial charge is 0.383 e. The Kier molecular flexibility index (Phi) is 5.05. The van der Waals surface area contributed by atoms with Gasteiger partial charge in [-0.3, -0.25) is 0 Å². The topological polar surface area (TPSA) is 131 Å². The maximum atomic E-state index is 10.0. The van der Waals surface area contributed by atoms with E-state index in [1.54, 1.807) is 50.3 Å². The van der Waals surface area contributed by atoms with Gasteiger partial charge >= 0.3 is 0 Å². The Hall–Kier alpha value is -3.31. The highest BCUT2D eigenvalue weighted by molar-refractivity contribution is 9.10. The van der Waals surface area contributed by atoms with Crippen LogP contribution in [0.2, 0.25) is 0 Å². The van der Waals surface area contributed by atoms with Crippen molar-refractivity contribution in [3.05, 3.63) is 45.6 Å². The minimum atomic E-state index is -1.70. The van der Waals surface area contributed by atoms with E-state index in [4.69, 9.17) is 0 Å². The molecule has 1 saturated carbocycles. The molecule has 1 aliphatic rings. The zero-order chi connectivity index (χ0) is 19.5. The smallest absolute Gasteiger partial charge is 0.177 e. The molecule has 7 heteroatoms. The van der Waals surface area contributed by atoms with Crippen molar-refractivity contribution < 1.29 is 0 Å². The third-order valence-corrected chi connectivity index (χ3v) is 4.91. The fourth-order valence-electron chi connectivity index (χ4n) is 3.35. The van der Waals surface area contributed by atoms with Gasteiger partial charge < -0.3 is 5.32 Å². The van der Waals surface area contributed by atoms with Crippen molar-refractivity contribution in [1.29, 1.82) is 26.3 Å². The van der Waals surface area contributed by atoms with E-state index in [9.17, 15) is 26.3 Å². The molecule has 1 N–H and O–H groups in total. The lowest BCUT2D eigenvalue weighted by molar-refractivity contribution is 0.551. The first-order valence-electron chi connectivity index (χ1n) is 7.69.